The standard InChI is InChI=1S/C22H21FN2O2/c23-20-6-2-4-18(12-20)21(14-26)25-22(27)19-5-1-3-17(11-19)16-9-7-15(13-24)8-10-16/h1-12,21,26H,13-14,24H2,(H,25,27). The maximum Gasteiger partial charge on any atom is 0.251 e. The third-order valence-electron chi connectivity index (χ3n) is 4.39. The number of hydrogen-bond acceptors (Lipinski definition) is 3. The summed E-state index contributed by atoms with van der Waals surface area (Å²) in [5, 5.41) is 12.4. The number of carbonyl (C=O) groups excluding carboxylic acids is 1. The average Bonchev–Trinajstić information content (AvgIpc) is 2.72. The van der Waals surface area contributed by atoms with Gasteiger partial charge in [0.2, 0.25) is 0 Å². The third kappa shape index (κ3) is 4.58. The second kappa shape index (κ2) is 8.58. The number of aliphatic hydroxyl groups excluding tert-OH is 1. The van der Waals surface area contributed by atoms with Gasteiger partial charge in [-0.05, 0) is 46.5 Å². The van der Waals surface area contributed by atoms with E-state index in [1.165, 1.54) is 12.1 Å². The van der Waals surface area contributed by atoms with Crippen molar-refractivity contribution in [2.24, 2.45) is 5.73 Å². The fourth-order valence-electron chi connectivity index (χ4n) is 2.87. The summed E-state index contributed by atoms with van der Waals surface area (Å²) in [6, 6.07) is 20.2. The third-order valence-corrected chi connectivity index (χ3v) is 4.39. The smallest absolute Gasteiger partial charge is 0.251 e. The van der Waals surface area contributed by atoms with Crippen LogP contribution in [0.3, 0.4) is 0 Å². The Hall–Kier alpha value is -3.02. The van der Waals surface area contributed by atoms with E-state index in [1.54, 1.807) is 30.3 Å². The highest BCUT2D eigenvalue weighted by Crippen LogP contribution is 2.22. The largest absolute Gasteiger partial charge is 0.394 e. The molecule has 0 saturated heterocycles. The topological polar surface area (TPSA) is 75.4 Å². The zero-order valence-corrected chi connectivity index (χ0v) is 14.7. The lowest BCUT2D eigenvalue weighted by molar-refractivity contribution is 0.0916. The van der Waals surface area contributed by atoms with Gasteiger partial charge in [-0.2, -0.15) is 0 Å². The van der Waals surface area contributed by atoms with Crippen LogP contribution in [0.4, 0.5) is 4.39 Å². The molecule has 0 bridgehead atoms. The first-order chi connectivity index (χ1) is 13.1. The molecule has 0 heterocycles. The molecule has 0 aromatic heterocycles. The Bertz CT molecular complexity index is 926. The molecule has 3 aromatic rings. The lowest BCUT2D eigenvalue weighted by Crippen LogP contribution is -2.30. The lowest BCUT2D eigenvalue weighted by Gasteiger charge is -2.17. The molecular weight excluding hydrogens is 343 g/mol. The van der Waals surface area contributed by atoms with E-state index in [0.29, 0.717) is 17.7 Å². The van der Waals surface area contributed by atoms with Crippen molar-refractivity contribution in [1.29, 1.82) is 0 Å². The minimum absolute atomic E-state index is 0.324. The van der Waals surface area contributed by atoms with E-state index < -0.39 is 11.9 Å². The van der Waals surface area contributed by atoms with E-state index >= 15 is 0 Å². The van der Waals surface area contributed by atoms with Gasteiger partial charge in [-0.3, -0.25) is 4.79 Å². The van der Waals surface area contributed by atoms with Crippen molar-refractivity contribution in [3.05, 3.63) is 95.3 Å². The van der Waals surface area contributed by atoms with Gasteiger partial charge in [0.25, 0.3) is 5.91 Å². The first-order valence-corrected chi connectivity index (χ1v) is 8.67. The molecule has 5 heteroatoms. The van der Waals surface area contributed by atoms with Crippen LogP contribution in [-0.4, -0.2) is 17.6 Å². The Kier molecular flexibility index (Phi) is 5.96. The predicted molar refractivity (Wildman–Crippen MR) is 103 cm³/mol. The van der Waals surface area contributed by atoms with Crippen LogP contribution in [0.15, 0.2) is 72.8 Å². The first kappa shape index (κ1) is 18.8. The molecule has 4 nitrogen and oxygen atoms in total. The fraction of sp³-hybridized carbons (Fsp3) is 0.136. The van der Waals surface area contributed by atoms with Crippen molar-refractivity contribution in [3.63, 3.8) is 0 Å². The minimum atomic E-state index is -0.680. The van der Waals surface area contributed by atoms with Crippen LogP contribution in [-0.2, 0) is 6.54 Å². The summed E-state index contributed by atoms with van der Waals surface area (Å²) in [6.07, 6.45) is 0. The molecular formula is C22H21FN2O2. The van der Waals surface area contributed by atoms with Gasteiger partial charge < -0.3 is 16.2 Å². The van der Waals surface area contributed by atoms with Gasteiger partial charge in [0, 0.05) is 12.1 Å². The molecule has 0 aliphatic rings. The first-order valence-electron chi connectivity index (χ1n) is 8.67. The normalized spacial score (nSPS) is 11.8. The number of aliphatic hydroxyl groups is 1. The summed E-state index contributed by atoms with van der Waals surface area (Å²) in [5.74, 6) is -0.748. The zero-order valence-electron chi connectivity index (χ0n) is 14.7. The number of carbonyl (C=O) groups is 1. The van der Waals surface area contributed by atoms with E-state index in [9.17, 15) is 14.3 Å². The van der Waals surface area contributed by atoms with E-state index in [4.69, 9.17) is 5.73 Å². The van der Waals surface area contributed by atoms with E-state index in [2.05, 4.69) is 5.32 Å². The molecule has 0 aliphatic carbocycles. The van der Waals surface area contributed by atoms with Crippen molar-refractivity contribution >= 4 is 5.91 Å². The van der Waals surface area contributed by atoms with Crippen molar-refractivity contribution in [1.82, 2.24) is 5.32 Å². The Morgan fingerprint density at radius 1 is 1.00 bits per heavy atom. The number of halogens is 1. The second-order valence-electron chi connectivity index (χ2n) is 6.25. The Morgan fingerprint density at radius 3 is 2.41 bits per heavy atom. The monoisotopic (exact) mass is 364 g/mol. The Balaban J connectivity index is 1.80. The van der Waals surface area contributed by atoms with Gasteiger partial charge in [-0.1, -0.05) is 48.5 Å². The fourth-order valence-corrected chi connectivity index (χ4v) is 2.87. The highest BCUT2D eigenvalue weighted by Gasteiger charge is 2.16. The molecule has 0 radical (unpaired) electrons. The summed E-state index contributed by atoms with van der Waals surface area (Å²) < 4.78 is 13.4. The van der Waals surface area contributed by atoms with E-state index in [1.807, 2.05) is 30.3 Å². The maximum absolute atomic E-state index is 13.4. The summed E-state index contributed by atoms with van der Waals surface area (Å²) in [6.45, 7) is 0.154. The summed E-state index contributed by atoms with van der Waals surface area (Å²) in [5.41, 5.74) is 9.51. The number of hydrogen-bond donors (Lipinski definition) is 3. The molecule has 4 N–H and O–H groups in total. The second-order valence-corrected chi connectivity index (χ2v) is 6.25. The van der Waals surface area contributed by atoms with Crippen LogP contribution >= 0.6 is 0 Å². The van der Waals surface area contributed by atoms with Crippen LogP contribution in [0.5, 0.6) is 0 Å². The molecule has 1 amide bonds. The summed E-state index contributed by atoms with van der Waals surface area (Å²) >= 11 is 0. The number of rotatable bonds is 6. The SMILES string of the molecule is NCc1ccc(-c2cccc(C(=O)NC(CO)c3cccc(F)c3)c2)cc1. The number of benzene rings is 3. The van der Waals surface area contributed by atoms with E-state index in [-0.39, 0.29) is 12.5 Å². The van der Waals surface area contributed by atoms with Crippen molar-refractivity contribution in [2.45, 2.75) is 12.6 Å². The summed E-state index contributed by atoms with van der Waals surface area (Å²) in [4.78, 5) is 12.6. The van der Waals surface area contributed by atoms with Gasteiger partial charge in [-0.25, -0.2) is 4.39 Å². The quantitative estimate of drug-likeness (QED) is 0.627. The molecule has 138 valence electrons. The van der Waals surface area contributed by atoms with Gasteiger partial charge in [0.15, 0.2) is 0 Å². The van der Waals surface area contributed by atoms with Crippen LogP contribution in [0.25, 0.3) is 11.1 Å². The molecule has 1 atom stereocenters. The maximum atomic E-state index is 13.4. The molecule has 0 fully saturated rings. The predicted octanol–water partition coefficient (Wildman–Crippen LogP) is 3.41. The van der Waals surface area contributed by atoms with Gasteiger partial charge in [0.1, 0.15) is 5.82 Å². The molecule has 0 aliphatic heterocycles. The lowest BCUT2D eigenvalue weighted by atomic mass is 10.0. The molecule has 3 aromatic carbocycles. The van der Waals surface area contributed by atoms with Gasteiger partial charge in [-0.15, -0.1) is 0 Å². The van der Waals surface area contributed by atoms with Gasteiger partial charge in [0.05, 0.1) is 12.6 Å². The highest BCUT2D eigenvalue weighted by atomic mass is 19.1. The van der Waals surface area contributed by atoms with Crippen molar-refractivity contribution in [2.75, 3.05) is 6.61 Å². The Labute approximate surface area is 157 Å². The molecule has 1 unspecified atom stereocenters. The number of nitrogens with two attached hydrogens (primary N) is 1. The number of nitrogens with one attached hydrogen (secondary N) is 1. The van der Waals surface area contributed by atoms with E-state index in [0.717, 1.165) is 16.7 Å². The van der Waals surface area contributed by atoms with Gasteiger partial charge >= 0.3 is 0 Å². The highest BCUT2D eigenvalue weighted by molar-refractivity contribution is 5.95. The van der Waals surface area contributed by atoms with Crippen molar-refractivity contribution < 1.29 is 14.3 Å². The summed E-state index contributed by atoms with van der Waals surface area (Å²) in [7, 11) is 0. The minimum Gasteiger partial charge on any atom is -0.394 e. The van der Waals surface area contributed by atoms with Crippen LogP contribution in [0, 0.1) is 5.82 Å². The molecule has 3 rings (SSSR count). The zero-order chi connectivity index (χ0) is 19.2. The van der Waals surface area contributed by atoms with Crippen LogP contribution in [0.1, 0.15) is 27.5 Å². The average molecular weight is 364 g/mol. The molecule has 0 spiro atoms. The van der Waals surface area contributed by atoms with Crippen LogP contribution in [0.2, 0.25) is 0 Å². The molecule has 0 saturated carbocycles. The Morgan fingerprint density at radius 2 is 1.74 bits per heavy atom. The van der Waals surface area contributed by atoms with Crippen LogP contribution < -0.4 is 11.1 Å². The number of amides is 1. The molecule has 27 heavy (non-hydrogen) atoms. The van der Waals surface area contributed by atoms with Crippen molar-refractivity contribution in [3.8, 4) is 11.1 Å².